The minimum absolute atomic E-state index is 0.118. The van der Waals surface area contributed by atoms with Crippen molar-refractivity contribution in [3.63, 3.8) is 0 Å². The monoisotopic (exact) mass is 250 g/mol. The van der Waals surface area contributed by atoms with Crippen molar-refractivity contribution in [3.05, 3.63) is 24.3 Å². The number of nitrogens with zero attached hydrogens (tertiary/aromatic N) is 1. The number of ether oxygens (including phenoxy) is 2. The second kappa shape index (κ2) is 6.61. The Hall–Kier alpha value is -1.26. The van der Waals surface area contributed by atoms with E-state index in [-0.39, 0.29) is 6.10 Å². The first-order valence-electron chi connectivity index (χ1n) is 6.51. The van der Waals surface area contributed by atoms with Crippen molar-refractivity contribution in [2.45, 2.75) is 13.0 Å². The van der Waals surface area contributed by atoms with Crippen molar-refractivity contribution in [1.82, 2.24) is 5.32 Å². The Kier molecular flexibility index (Phi) is 4.84. The van der Waals surface area contributed by atoms with Crippen LogP contribution < -0.4 is 15.0 Å². The van der Waals surface area contributed by atoms with Crippen LogP contribution in [0.4, 0.5) is 5.69 Å². The third-order valence-electron chi connectivity index (χ3n) is 3.19. The molecule has 0 saturated carbocycles. The van der Waals surface area contributed by atoms with Gasteiger partial charge < -0.3 is 19.7 Å². The second-order valence-electron chi connectivity index (χ2n) is 4.59. The summed E-state index contributed by atoms with van der Waals surface area (Å²) in [6.45, 7) is 6.79. The lowest BCUT2D eigenvalue weighted by atomic mass is 10.2. The first-order valence-corrected chi connectivity index (χ1v) is 6.51. The molecule has 1 aromatic rings. The third-order valence-corrected chi connectivity index (χ3v) is 3.19. The number of nitrogens with one attached hydrogen (secondary N) is 1. The number of anilines is 1. The Balaban J connectivity index is 1.96. The van der Waals surface area contributed by atoms with Gasteiger partial charge in [0.05, 0.1) is 6.10 Å². The van der Waals surface area contributed by atoms with E-state index in [1.54, 1.807) is 7.11 Å². The SMILES string of the molecule is COC(C)COc1cccc(N2CCNCC2)c1. The summed E-state index contributed by atoms with van der Waals surface area (Å²) in [6.07, 6.45) is 0.118. The van der Waals surface area contributed by atoms with E-state index in [0.717, 1.165) is 31.9 Å². The molecule has 1 saturated heterocycles. The van der Waals surface area contributed by atoms with Crippen LogP contribution in [0.1, 0.15) is 6.92 Å². The highest BCUT2D eigenvalue weighted by Crippen LogP contribution is 2.21. The molecule has 1 heterocycles. The molecule has 1 atom stereocenters. The van der Waals surface area contributed by atoms with Crippen LogP contribution in [0.3, 0.4) is 0 Å². The van der Waals surface area contributed by atoms with Gasteiger partial charge in [0.25, 0.3) is 0 Å². The van der Waals surface area contributed by atoms with Crippen LogP contribution in [0, 0.1) is 0 Å². The fourth-order valence-corrected chi connectivity index (χ4v) is 1.97. The number of rotatable bonds is 5. The number of methoxy groups -OCH3 is 1. The summed E-state index contributed by atoms with van der Waals surface area (Å²) in [7, 11) is 1.70. The molecular formula is C14H22N2O2. The molecule has 1 unspecified atom stereocenters. The summed E-state index contributed by atoms with van der Waals surface area (Å²) in [5.74, 6) is 0.912. The van der Waals surface area contributed by atoms with Crippen molar-refractivity contribution in [2.24, 2.45) is 0 Å². The number of hydrogen-bond acceptors (Lipinski definition) is 4. The minimum Gasteiger partial charge on any atom is -0.491 e. The molecule has 1 aromatic carbocycles. The fourth-order valence-electron chi connectivity index (χ4n) is 1.97. The van der Waals surface area contributed by atoms with E-state index < -0.39 is 0 Å². The van der Waals surface area contributed by atoms with Crippen molar-refractivity contribution < 1.29 is 9.47 Å². The van der Waals surface area contributed by atoms with Gasteiger partial charge in [0, 0.05) is 45.0 Å². The van der Waals surface area contributed by atoms with Crippen LogP contribution in [0.25, 0.3) is 0 Å². The van der Waals surface area contributed by atoms with Crippen molar-refractivity contribution in [2.75, 3.05) is 44.8 Å². The van der Waals surface area contributed by atoms with Gasteiger partial charge in [-0.3, -0.25) is 0 Å². The van der Waals surface area contributed by atoms with Gasteiger partial charge in [0.2, 0.25) is 0 Å². The summed E-state index contributed by atoms with van der Waals surface area (Å²) in [5, 5.41) is 3.36. The van der Waals surface area contributed by atoms with Crippen molar-refractivity contribution in [1.29, 1.82) is 0 Å². The Labute approximate surface area is 109 Å². The highest BCUT2D eigenvalue weighted by molar-refractivity contribution is 5.51. The minimum atomic E-state index is 0.118. The van der Waals surface area contributed by atoms with Crippen LogP contribution >= 0.6 is 0 Å². The molecule has 0 aromatic heterocycles. The maximum absolute atomic E-state index is 5.72. The number of hydrogen-bond donors (Lipinski definition) is 1. The van der Waals surface area contributed by atoms with E-state index in [2.05, 4.69) is 22.3 Å². The van der Waals surface area contributed by atoms with Crippen LogP contribution in [0.2, 0.25) is 0 Å². The van der Waals surface area contributed by atoms with E-state index in [4.69, 9.17) is 9.47 Å². The van der Waals surface area contributed by atoms with Gasteiger partial charge in [-0.25, -0.2) is 0 Å². The summed E-state index contributed by atoms with van der Waals surface area (Å²) >= 11 is 0. The quantitative estimate of drug-likeness (QED) is 0.859. The molecule has 18 heavy (non-hydrogen) atoms. The molecular weight excluding hydrogens is 228 g/mol. The van der Waals surface area contributed by atoms with Crippen LogP contribution in [-0.4, -0.2) is 46.0 Å². The molecule has 0 bridgehead atoms. The molecule has 4 heteroatoms. The molecule has 2 rings (SSSR count). The average Bonchev–Trinajstić information content (AvgIpc) is 2.46. The first kappa shape index (κ1) is 13.2. The van der Waals surface area contributed by atoms with Gasteiger partial charge in [-0.1, -0.05) is 6.07 Å². The molecule has 0 amide bonds. The maximum atomic E-state index is 5.72. The molecule has 0 radical (unpaired) electrons. The van der Waals surface area contributed by atoms with Crippen LogP contribution in [-0.2, 0) is 4.74 Å². The van der Waals surface area contributed by atoms with Crippen molar-refractivity contribution >= 4 is 5.69 Å². The standard InChI is InChI=1S/C14H22N2O2/c1-12(17-2)11-18-14-5-3-4-13(10-14)16-8-6-15-7-9-16/h3-5,10,12,15H,6-9,11H2,1-2H3. The van der Waals surface area contributed by atoms with Crippen molar-refractivity contribution in [3.8, 4) is 5.75 Å². The third kappa shape index (κ3) is 3.62. The number of benzene rings is 1. The zero-order valence-electron chi connectivity index (χ0n) is 11.2. The lowest BCUT2D eigenvalue weighted by Crippen LogP contribution is -2.43. The van der Waals surface area contributed by atoms with Gasteiger partial charge in [-0.15, -0.1) is 0 Å². The number of piperazine rings is 1. The fraction of sp³-hybridized carbons (Fsp3) is 0.571. The van der Waals surface area contributed by atoms with E-state index in [1.807, 2.05) is 19.1 Å². The molecule has 1 fully saturated rings. The zero-order chi connectivity index (χ0) is 12.8. The molecule has 0 spiro atoms. The Morgan fingerprint density at radius 3 is 2.83 bits per heavy atom. The molecule has 0 aliphatic carbocycles. The van der Waals surface area contributed by atoms with Crippen LogP contribution in [0.15, 0.2) is 24.3 Å². The second-order valence-corrected chi connectivity index (χ2v) is 4.59. The summed E-state index contributed by atoms with van der Waals surface area (Å²) < 4.78 is 10.9. The van der Waals surface area contributed by atoms with E-state index in [1.165, 1.54) is 5.69 Å². The highest BCUT2D eigenvalue weighted by atomic mass is 16.5. The van der Waals surface area contributed by atoms with Gasteiger partial charge in [-0.2, -0.15) is 0 Å². The largest absolute Gasteiger partial charge is 0.491 e. The summed E-state index contributed by atoms with van der Waals surface area (Å²) in [4.78, 5) is 2.38. The molecule has 1 aliphatic rings. The van der Waals surface area contributed by atoms with Gasteiger partial charge in [-0.05, 0) is 19.1 Å². The molecule has 1 aliphatic heterocycles. The summed E-state index contributed by atoms with van der Waals surface area (Å²) in [6, 6.07) is 8.28. The first-order chi connectivity index (χ1) is 8.79. The van der Waals surface area contributed by atoms with Gasteiger partial charge >= 0.3 is 0 Å². The maximum Gasteiger partial charge on any atom is 0.121 e. The Morgan fingerprint density at radius 2 is 2.11 bits per heavy atom. The molecule has 100 valence electrons. The Morgan fingerprint density at radius 1 is 1.33 bits per heavy atom. The van der Waals surface area contributed by atoms with Gasteiger partial charge in [0.1, 0.15) is 12.4 Å². The smallest absolute Gasteiger partial charge is 0.121 e. The topological polar surface area (TPSA) is 33.7 Å². The lowest BCUT2D eigenvalue weighted by Gasteiger charge is -2.29. The zero-order valence-corrected chi connectivity index (χ0v) is 11.2. The van der Waals surface area contributed by atoms with Crippen LogP contribution in [0.5, 0.6) is 5.75 Å². The van der Waals surface area contributed by atoms with Gasteiger partial charge in [0.15, 0.2) is 0 Å². The molecule has 4 nitrogen and oxygen atoms in total. The van der Waals surface area contributed by atoms with E-state index >= 15 is 0 Å². The summed E-state index contributed by atoms with van der Waals surface area (Å²) in [5.41, 5.74) is 1.24. The predicted octanol–water partition coefficient (Wildman–Crippen LogP) is 1.51. The lowest BCUT2D eigenvalue weighted by molar-refractivity contribution is 0.0717. The normalized spacial score (nSPS) is 17.6. The molecule has 1 N–H and O–H groups in total. The Bertz CT molecular complexity index is 365. The van der Waals surface area contributed by atoms with E-state index in [0.29, 0.717) is 6.61 Å². The highest BCUT2D eigenvalue weighted by Gasteiger charge is 2.11. The van der Waals surface area contributed by atoms with E-state index in [9.17, 15) is 0 Å². The predicted molar refractivity (Wildman–Crippen MR) is 73.5 cm³/mol. The average molecular weight is 250 g/mol.